The third-order valence-corrected chi connectivity index (χ3v) is 8.96. The topological polar surface area (TPSA) is 194 Å². The van der Waals surface area contributed by atoms with Gasteiger partial charge in [0.05, 0.1) is 15.5 Å². The van der Waals surface area contributed by atoms with Crippen molar-refractivity contribution in [3.8, 4) is 0 Å². The Morgan fingerprint density at radius 2 is 1.91 bits per heavy atom. The predicted molar refractivity (Wildman–Crippen MR) is 135 cm³/mol. The van der Waals surface area contributed by atoms with Gasteiger partial charge in [-0.1, -0.05) is 6.07 Å². The highest BCUT2D eigenvalue weighted by atomic mass is 32.2. The zero-order valence-electron chi connectivity index (χ0n) is 18.3. The van der Waals surface area contributed by atoms with Gasteiger partial charge in [0.1, 0.15) is 0 Å². The number of sulfonamides is 2. The summed E-state index contributed by atoms with van der Waals surface area (Å²) >= 11 is 2.92. The van der Waals surface area contributed by atoms with Gasteiger partial charge in [0.25, 0.3) is 10.0 Å². The van der Waals surface area contributed by atoms with Crippen molar-refractivity contribution in [2.75, 3.05) is 19.3 Å². The largest absolute Gasteiger partial charge is 0.370 e. The van der Waals surface area contributed by atoms with Gasteiger partial charge in [-0.05, 0) is 31.0 Å². The standard InChI is InChI=1S/C18H26N8O4S4/c1-21-17(22-7-8-31-10-13-11-32-18(23-13)24-16(19)20)26-34(29,30)15-4-2-3-14(9-15)33(27,28)25-12-5-6-12/h2-4,9,11-12,25H,5-8,10H2,1H3,(H2,21,22,26)(H4,19,20,23,24). The van der Waals surface area contributed by atoms with Gasteiger partial charge in [-0.25, -0.2) is 31.3 Å². The molecule has 7 N–H and O–H groups in total. The van der Waals surface area contributed by atoms with Crippen molar-refractivity contribution in [3.05, 3.63) is 35.3 Å². The zero-order chi connectivity index (χ0) is 24.8. The number of aliphatic imine (C=N–C) groups is 2. The van der Waals surface area contributed by atoms with Crippen LogP contribution in [0.3, 0.4) is 0 Å². The molecule has 0 spiro atoms. The molecule has 34 heavy (non-hydrogen) atoms. The highest BCUT2D eigenvalue weighted by Gasteiger charge is 2.28. The van der Waals surface area contributed by atoms with E-state index in [0.29, 0.717) is 23.2 Å². The van der Waals surface area contributed by atoms with Crippen molar-refractivity contribution in [1.29, 1.82) is 0 Å². The number of benzene rings is 1. The van der Waals surface area contributed by atoms with Gasteiger partial charge < -0.3 is 16.8 Å². The molecule has 3 rings (SSSR count). The predicted octanol–water partition coefficient (Wildman–Crippen LogP) is 0.276. The van der Waals surface area contributed by atoms with Crippen LogP contribution >= 0.6 is 23.1 Å². The fourth-order valence-electron chi connectivity index (χ4n) is 2.59. The molecular weight excluding hydrogens is 521 g/mol. The monoisotopic (exact) mass is 546 g/mol. The molecule has 12 nitrogen and oxygen atoms in total. The van der Waals surface area contributed by atoms with E-state index in [4.69, 9.17) is 11.5 Å². The van der Waals surface area contributed by atoms with Crippen LogP contribution in [-0.4, -0.2) is 59.1 Å². The molecule has 1 heterocycles. The first-order valence-electron chi connectivity index (χ1n) is 10.1. The molecule has 1 aliphatic carbocycles. The summed E-state index contributed by atoms with van der Waals surface area (Å²) < 4.78 is 55.3. The normalized spacial score (nSPS) is 14.6. The first-order valence-corrected chi connectivity index (χ1v) is 15.1. The molecule has 2 aromatic rings. The number of nitrogens with zero attached hydrogens (tertiary/aromatic N) is 3. The van der Waals surface area contributed by atoms with Gasteiger partial charge in [-0.15, -0.1) is 11.3 Å². The Hall–Kier alpha value is -2.40. The Kier molecular flexibility index (Phi) is 8.75. The number of nitrogens with two attached hydrogens (primary N) is 2. The van der Waals surface area contributed by atoms with Crippen LogP contribution in [0.1, 0.15) is 18.5 Å². The average molecular weight is 547 g/mol. The third kappa shape index (κ3) is 7.83. The number of thiazole rings is 1. The third-order valence-electron chi connectivity index (χ3n) is 4.33. The summed E-state index contributed by atoms with van der Waals surface area (Å²) in [5, 5.41) is 5.28. The lowest BCUT2D eigenvalue weighted by atomic mass is 10.4. The van der Waals surface area contributed by atoms with Gasteiger partial charge in [0.2, 0.25) is 21.1 Å². The molecule has 1 aromatic heterocycles. The molecule has 1 fully saturated rings. The van der Waals surface area contributed by atoms with Gasteiger partial charge in [0.15, 0.2) is 5.96 Å². The van der Waals surface area contributed by atoms with Crippen LogP contribution in [0, 0.1) is 0 Å². The van der Waals surface area contributed by atoms with E-state index in [2.05, 4.69) is 29.7 Å². The number of aromatic nitrogens is 1. The SMILES string of the molecule is CN=C(NCCSCc1csc(N=C(N)N)n1)NS(=O)(=O)c1cccc(S(=O)(=O)NC2CC2)c1. The fraction of sp³-hybridized carbons (Fsp3) is 0.389. The maximum atomic E-state index is 12.8. The Bertz CT molecular complexity index is 1270. The Labute approximate surface area is 206 Å². The summed E-state index contributed by atoms with van der Waals surface area (Å²) in [5.41, 5.74) is 11.5. The number of guanidine groups is 2. The van der Waals surface area contributed by atoms with Crippen LogP contribution in [0.25, 0.3) is 0 Å². The Balaban J connectivity index is 1.51. The zero-order valence-corrected chi connectivity index (χ0v) is 21.5. The van der Waals surface area contributed by atoms with Crippen LogP contribution in [0.4, 0.5) is 5.13 Å². The van der Waals surface area contributed by atoms with Crippen LogP contribution < -0.4 is 26.2 Å². The molecule has 0 radical (unpaired) electrons. The van der Waals surface area contributed by atoms with Gasteiger partial charge in [0, 0.05) is 36.5 Å². The van der Waals surface area contributed by atoms with Crippen LogP contribution in [0.15, 0.2) is 49.4 Å². The summed E-state index contributed by atoms with van der Waals surface area (Å²) in [7, 11) is -6.38. The van der Waals surface area contributed by atoms with Crippen molar-refractivity contribution in [1.82, 2.24) is 19.7 Å². The fourth-order valence-corrected chi connectivity index (χ4v) is 6.65. The molecular formula is C18H26N8O4S4. The van der Waals surface area contributed by atoms with Crippen molar-refractivity contribution < 1.29 is 16.8 Å². The van der Waals surface area contributed by atoms with Crippen LogP contribution in [0.5, 0.6) is 0 Å². The summed E-state index contributed by atoms with van der Waals surface area (Å²) in [4.78, 5) is 11.8. The minimum atomic E-state index is -4.04. The minimum absolute atomic E-state index is 0.0464. The number of hydrogen-bond acceptors (Lipinski definition) is 9. The first-order chi connectivity index (χ1) is 16.1. The Morgan fingerprint density at radius 1 is 1.21 bits per heavy atom. The van der Waals surface area contributed by atoms with Crippen molar-refractivity contribution >= 4 is 60.2 Å². The van der Waals surface area contributed by atoms with Crippen molar-refractivity contribution in [3.63, 3.8) is 0 Å². The molecule has 0 atom stereocenters. The van der Waals surface area contributed by atoms with Gasteiger partial charge in [-0.2, -0.15) is 16.8 Å². The summed E-state index contributed by atoms with van der Waals surface area (Å²) in [6, 6.07) is 5.11. The highest BCUT2D eigenvalue weighted by molar-refractivity contribution is 7.98. The van der Waals surface area contributed by atoms with E-state index in [1.807, 2.05) is 5.38 Å². The number of thioether (sulfide) groups is 1. The van der Waals surface area contributed by atoms with E-state index in [1.165, 1.54) is 36.6 Å². The second-order valence-corrected chi connectivity index (χ2v) is 12.5. The van der Waals surface area contributed by atoms with Crippen molar-refractivity contribution in [2.45, 2.75) is 34.4 Å². The van der Waals surface area contributed by atoms with Gasteiger partial charge >= 0.3 is 0 Å². The van der Waals surface area contributed by atoms with E-state index in [-0.39, 0.29) is 27.8 Å². The van der Waals surface area contributed by atoms with E-state index in [1.54, 1.807) is 11.8 Å². The van der Waals surface area contributed by atoms with E-state index in [0.717, 1.165) is 24.6 Å². The minimum Gasteiger partial charge on any atom is -0.370 e. The maximum Gasteiger partial charge on any atom is 0.264 e. The molecule has 186 valence electrons. The lowest BCUT2D eigenvalue weighted by Crippen LogP contribution is -2.41. The lowest BCUT2D eigenvalue weighted by Gasteiger charge is -2.13. The number of rotatable bonds is 11. The molecule has 0 bridgehead atoms. The molecule has 0 saturated heterocycles. The molecule has 1 saturated carbocycles. The number of hydrogen-bond donors (Lipinski definition) is 5. The van der Waals surface area contributed by atoms with Crippen LogP contribution in [0.2, 0.25) is 0 Å². The second kappa shape index (κ2) is 11.4. The van der Waals surface area contributed by atoms with Crippen LogP contribution in [-0.2, 0) is 25.8 Å². The van der Waals surface area contributed by atoms with E-state index in [9.17, 15) is 16.8 Å². The molecule has 0 aliphatic heterocycles. The molecule has 16 heteroatoms. The average Bonchev–Trinajstić information content (AvgIpc) is 3.47. The lowest BCUT2D eigenvalue weighted by molar-refractivity contribution is 0.580. The molecule has 1 aromatic carbocycles. The molecule has 1 aliphatic rings. The van der Waals surface area contributed by atoms with Crippen molar-refractivity contribution in [2.24, 2.45) is 21.5 Å². The maximum absolute atomic E-state index is 12.8. The van der Waals surface area contributed by atoms with Gasteiger partial charge in [-0.3, -0.25) is 4.99 Å². The quantitative estimate of drug-likeness (QED) is 0.149. The first kappa shape index (κ1) is 26.2. The second-order valence-electron chi connectivity index (χ2n) is 7.19. The molecule has 0 amide bonds. The Morgan fingerprint density at radius 3 is 2.56 bits per heavy atom. The van der Waals surface area contributed by atoms with E-state index >= 15 is 0 Å². The summed E-state index contributed by atoms with van der Waals surface area (Å²) in [6.45, 7) is 0.435. The number of nitrogens with one attached hydrogen (secondary N) is 3. The highest BCUT2D eigenvalue weighted by Crippen LogP contribution is 2.23. The molecule has 0 unspecified atom stereocenters. The summed E-state index contributed by atoms with van der Waals surface area (Å²) in [5.74, 6) is 1.29. The smallest absolute Gasteiger partial charge is 0.264 e. The summed E-state index contributed by atoms with van der Waals surface area (Å²) in [6.07, 6.45) is 1.56. The van der Waals surface area contributed by atoms with E-state index < -0.39 is 20.0 Å².